The van der Waals surface area contributed by atoms with Crippen molar-refractivity contribution in [1.82, 2.24) is 30.2 Å². The van der Waals surface area contributed by atoms with Gasteiger partial charge in [0.15, 0.2) is 0 Å². The van der Waals surface area contributed by atoms with Crippen molar-refractivity contribution in [3.8, 4) is 0 Å². The fraction of sp³-hybridized carbons (Fsp3) is 0.176. The highest BCUT2D eigenvalue weighted by Crippen LogP contribution is 2.24. The smallest absolute Gasteiger partial charge is 0.230 e. The van der Waals surface area contributed by atoms with Gasteiger partial charge in [-0.05, 0) is 30.7 Å². The maximum Gasteiger partial charge on any atom is 0.230 e. The van der Waals surface area contributed by atoms with Crippen LogP contribution in [0.4, 0.5) is 11.8 Å². The van der Waals surface area contributed by atoms with E-state index in [1.54, 1.807) is 12.4 Å². The SMILES string of the molecule is Cl.Cl.c1cc2c(cn1)[nH]c1nc(Nc3ccc4c(n3)CNCC4)ncc12. The van der Waals surface area contributed by atoms with Gasteiger partial charge in [0, 0.05) is 29.7 Å². The first-order chi connectivity index (χ1) is 11.9. The number of fused-ring (bicyclic) bond motifs is 4. The molecule has 0 saturated heterocycles. The molecule has 5 heterocycles. The molecule has 1 aliphatic heterocycles. The summed E-state index contributed by atoms with van der Waals surface area (Å²) >= 11 is 0. The van der Waals surface area contributed by atoms with Crippen molar-refractivity contribution in [2.75, 3.05) is 11.9 Å². The highest BCUT2D eigenvalue weighted by molar-refractivity contribution is 6.05. The van der Waals surface area contributed by atoms with Gasteiger partial charge in [0.05, 0.1) is 17.4 Å². The Morgan fingerprint density at radius 2 is 1.92 bits per heavy atom. The summed E-state index contributed by atoms with van der Waals surface area (Å²) in [6.45, 7) is 1.82. The molecule has 4 aromatic heterocycles. The number of hydrogen-bond acceptors (Lipinski definition) is 6. The predicted molar refractivity (Wildman–Crippen MR) is 107 cm³/mol. The molecule has 0 fully saturated rings. The molecule has 0 bridgehead atoms. The molecule has 9 heteroatoms. The Hall–Kier alpha value is -2.48. The quantitative estimate of drug-likeness (QED) is 0.487. The van der Waals surface area contributed by atoms with Gasteiger partial charge in [0.25, 0.3) is 0 Å². The molecule has 4 aromatic rings. The molecule has 0 amide bonds. The van der Waals surface area contributed by atoms with Crippen molar-refractivity contribution < 1.29 is 0 Å². The monoisotopic (exact) mass is 389 g/mol. The number of aromatic amines is 1. The van der Waals surface area contributed by atoms with Crippen molar-refractivity contribution in [1.29, 1.82) is 0 Å². The van der Waals surface area contributed by atoms with Crippen LogP contribution in [0.2, 0.25) is 0 Å². The Bertz CT molecular complexity index is 1060. The minimum atomic E-state index is 0. The number of halogens is 2. The molecule has 7 nitrogen and oxygen atoms in total. The summed E-state index contributed by atoms with van der Waals surface area (Å²) in [5, 5.41) is 8.59. The maximum absolute atomic E-state index is 4.66. The van der Waals surface area contributed by atoms with E-state index in [-0.39, 0.29) is 24.8 Å². The van der Waals surface area contributed by atoms with Gasteiger partial charge in [-0.15, -0.1) is 24.8 Å². The predicted octanol–water partition coefficient (Wildman–Crippen LogP) is 3.13. The third-order valence-electron chi connectivity index (χ3n) is 4.32. The fourth-order valence-corrected chi connectivity index (χ4v) is 3.12. The first-order valence-corrected chi connectivity index (χ1v) is 7.92. The lowest BCUT2D eigenvalue weighted by molar-refractivity contribution is 0.628. The maximum atomic E-state index is 4.66. The third kappa shape index (κ3) is 3.16. The molecular weight excluding hydrogens is 373 g/mol. The van der Waals surface area contributed by atoms with Crippen molar-refractivity contribution in [3.63, 3.8) is 0 Å². The summed E-state index contributed by atoms with van der Waals surface area (Å²) < 4.78 is 0. The second-order valence-electron chi connectivity index (χ2n) is 5.86. The summed E-state index contributed by atoms with van der Waals surface area (Å²) in [5.41, 5.74) is 4.13. The van der Waals surface area contributed by atoms with E-state index in [0.717, 1.165) is 53.0 Å². The van der Waals surface area contributed by atoms with Crippen LogP contribution in [0.3, 0.4) is 0 Å². The van der Waals surface area contributed by atoms with Gasteiger partial charge in [-0.25, -0.2) is 9.97 Å². The number of rotatable bonds is 2. The summed E-state index contributed by atoms with van der Waals surface area (Å²) in [5.74, 6) is 1.29. The van der Waals surface area contributed by atoms with E-state index in [1.165, 1.54) is 5.56 Å². The van der Waals surface area contributed by atoms with Crippen LogP contribution in [0.1, 0.15) is 11.3 Å². The van der Waals surface area contributed by atoms with E-state index in [1.807, 2.05) is 18.3 Å². The number of aromatic nitrogens is 5. The minimum absolute atomic E-state index is 0. The van der Waals surface area contributed by atoms with E-state index < -0.39 is 0 Å². The van der Waals surface area contributed by atoms with Crippen molar-refractivity contribution >= 4 is 58.5 Å². The summed E-state index contributed by atoms with van der Waals surface area (Å²) in [6, 6.07) is 6.06. The Labute approximate surface area is 161 Å². The second kappa shape index (κ2) is 7.41. The van der Waals surface area contributed by atoms with Gasteiger partial charge in [-0.3, -0.25) is 4.98 Å². The van der Waals surface area contributed by atoms with Crippen LogP contribution in [-0.4, -0.2) is 31.5 Å². The van der Waals surface area contributed by atoms with Crippen molar-refractivity contribution in [2.45, 2.75) is 13.0 Å². The van der Waals surface area contributed by atoms with Crippen LogP contribution in [-0.2, 0) is 13.0 Å². The number of H-pyrrole nitrogens is 1. The lowest BCUT2D eigenvalue weighted by atomic mass is 10.1. The average Bonchev–Trinajstić information content (AvgIpc) is 2.99. The van der Waals surface area contributed by atoms with Gasteiger partial charge in [-0.1, -0.05) is 6.07 Å². The molecular formula is C17H17Cl2N7. The summed E-state index contributed by atoms with van der Waals surface area (Å²) in [6.07, 6.45) is 6.41. The Morgan fingerprint density at radius 1 is 1.00 bits per heavy atom. The van der Waals surface area contributed by atoms with Crippen LogP contribution in [0.25, 0.3) is 21.9 Å². The van der Waals surface area contributed by atoms with E-state index in [0.29, 0.717) is 5.95 Å². The largest absolute Gasteiger partial charge is 0.338 e. The zero-order chi connectivity index (χ0) is 15.9. The summed E-state index contributed by atoms with van der Waals surface area (Å²) in [4.78, 5) is 21.0. The molecule has 5 rings (SSSR count). The molecule has 3 N–H and O–H groups in total. The lowest BCUT2D eigenvalue weighted by Gasteiger charge is -2.16. The number of hydrogen-bond donors (Lipinski definition) is 3. The van der Waals surface area contributed by atoms with Gasteiger partial charge in [-0.2, -0.15) is 4.98 Å². The van der Waals surface area contributed by atoms with Gasteiger partial charge in [0.2, 0.25) is 5.95 Å². The zero-order valence-electron chi connectivity index (χ0n) is 13.7. The molecule has 134 valence electrons. The Kier molecular flexibility index (Phi) is 5.22. The van der Waals surface area contributed by atoms with Crippen LogP contribution in [0.5, 0.6) is 0 Å². The molecule has 0 spiro atoms. The first kappa shape index (κ1) is 18.3. The molecule has 0 atom stereocenters. The molecule has 0 unspecified atom stereocenters. The average molecular weight is 390 g/mol. The fourth-order valence-electron chi connectivity index (χ4n) is 3.12. The third-order valence-corrected chi connectivity index (χ3v) is 4.32. The molecule has 0 aromatic carbocycles. The highest BCUT2D eigenvalue weighted by atomic mass is 35.5. The van der Waals surface area contributed by atoms with Crippen LogP contribution >= 0.6 is 24.8 Å². The van der Waals surface area contributed by atoms with Crippen LogP contribution in [0.15, 0.2) is 36.8 Å². The standard InChI is InChI=1S/C17H15N7.2ClH/c1-2-15(21-13-8-18-5-3-10(1)13)23-17-20-7-12-11-4-6-19-9-14(11)22-16(12)24-17;;/h1-2,4,6-7,9,18H,3,5,8H2,(H2,20,21,22,23,24);2*1H. The molecule has 26 heavy (non-hydrogen) atoms. The molecule has 0 aliphatic carbocycles. The Morgan fingerprint density at radius 3 is 2.85 bits per heavy atom. The molecule has 1 aliphatic rings. The number of pyridine rings is 2. The van der Waals surface area contributed by atoms with Gasteiger partial charge >= 0.3 is 0 Å². The zero-order valence-corrected chi connectivity index (χ0v) is 15.3. The van der Waals surface area contributed by atoms with E-state index >= 15 is 0 Å². The topological polar surface area (TPSA) is 91.4 Å². The molecule has 0 saturated carbocycles. The van der Waals surface area contributed by atoms with Gasteiger partial charge < -0.3 is 15.6 Å². The summed E-state index contributed by atoms with van der Waals surface area (Å²) in [7, 11) is 0. The van der Waals surface area contributed by atoms with E-state index in [2.05, 4.69) is 41.6 Å². The second-order valence-corrected chi connectivity index (χ2v) is 5.86. The van der Waals surface area contributed by atoms with Crippen LogP contribution < -0.4 is 10.6 Å². The number of nitrogens with one attached hydrogen (secondary N) is 3. The van der Waals surface area contributed by atoms with E-state index in [9.17, 15) is 0 Å². The number of nitrogens with zero attached hydrogens (tertiary/aromatic N) is 4. The van der Waals surface area contributed by atoms with Crippen molar-refractivity contribution in [3.05, 3.63) is 48.0 Å². The normalized spacial score (nSPS) is 12.9. The van der Waals surface area contributed by atoms with Crippen molar-refractivity contribution in [2.24, 2.45) is 0 Å². The lowest BCUT2D eigenvalue weighted by Crippen LogP contribution is -2.24. The van der Waals surface area contributed by atoms with Crippen LogP contribution in [0, 0.1) is 0 Å². The first-order valence-electron chi connectivity index (χ1n) is 7.92. The van der Waals surface area contributed by atoms with Gasteiger partial charge in [0.1, 0.15) is 11.5 Å². The minimum Gasteiger partial charge on any atom is -0.338 e. The highest BCUT2D eigenvalue weighted by Gasteiger charge is 2.12. The molecule has 0 radical (unpaired) electrons. The van der Waals surface area contributed by atoms with E-state index in [4.69, 9.17) is 0 Å². The Balaban J connectivity index is 0.000000980. The number of anilines is 2.